The number of carbonyl (C=O) groups is 1. The first-order valence-electron chi connectivity index (χ1n) is 7.32. The normalized spacial score (nSPS) is 10.6. The molecule has 24 heavy (non-hydrogen) atoms. The maximum absolute atomic E-state index is 12.5. The zero-order valence-corrected chi connectivity index (χ0v) is 14.0. The lowest BCUT2D eigenvalue weighted by Crippen LogP contribution is -2.15. The Morgan fingerprint density at radius 1 is 1.17 bits per heavy atom. The molecule has 1 aromatic heterocycles. The molecule has 3 rings (SSSR count). The molecule has 1 heterocycles. The van der Waals surface area contributed by atoms with E-state index in [9.17, 15) is 4.79 Å². The molecule has 2 aromatic carbocycles. The van der Waals surface area contributed by atoms with Crippen LogP contribution in [0.25, 0.3) is 5.69 Å². The summed E-state index contributed by atoms with van der Waals surface area (Å²) in [6.07, 6.45) is 0. The van der Waals surface area contributed by atoms with Crippen LogP contribution in [0.3, 0.4) is 0 Å². The van der Waals surface area contributed by atoms with Crippen LogP contribution >= 0.6 is 11.6 Å². The molecule has 0 aliphatic carbocycles. The van der Waals surface area contributed by atoms with Crippen molar-refractivity contribution < 1.29 is 4.79 Å². The molecule has 122 valence electrons. The van der Waals surface area contributed by atoms with Crippen molar-refractivity contribution in [2.24, 2.45) is 0 Å². The lowest BCUT2D eigenvalue weighted by molar-refractivity contribution is 0.102. The SMILES string of the molecule is Cc1ccc(Cl)cc1NC(=O)c1nnn(-c2ccccc2C)c1N. The van der Waals surface area contributed by atoms with E-state index in [1.165, 1.54) is 4.68 Å². The molecule has 0 aliphatic heterocycles. The fourth-order valence-electron chi connectivity index (χ4n) is 2.34. The van der Waals surface area contributed by atoms with Crippen LogP contribution in [0.4, 0.5) is 11.5 Å². The highest BCUT2D eigenvalue weighted by molar-refractivity contribution is 6.31. The third kappa shape index (κ3) is 2.96. The van der Waals surface area contributed by atoms with Crippen LogP contribution in [-0.2, 0) is 0 Å². The first-order chi connectivity index (χ1) is 11.5. The Morgan fingerprint density at radius 2 is 1.92 bits per heavy atom. The maximum atomic E-state index is 12.5. The Bertz CT molecular complexity index is 919. The summed E-state index contributed by atoms with van der Waals surface area (Å²) >= 11 is 5.97. The number of nitrogen functional groups attached to an aromatic ring is 1. The van der Waals surface area contributed by atoms with Crippen LogP contribution in [0.2, 0.25) is 5.02 Å². The zero-order chi connectivity index (χ0) is 17.3. The molecule has 0 radical (unpaired) electrons. The Morgan fingerprint density at radius 3 is 2.67 bits per heavy atom. The molecule has 0 fully saturated rings. The van der Waals surface area contributed by atoms with E-state index in [0.717, 1.165) is 16.8 Å². The highest BCUT2D eigenvalue weighted by Gasteiger charge is 2.19. The zero-order valence-electron chi connectivity index (χ0n) is 13.2. The van der Waals surface area contributed by atoms with Gasteiger partial charge in [0, 0.05) is 10.7 Å². The highest BCUT2D eigenvalue weighted by atomic mass is 35.5. The van der Waals surface area contributed by atoms with E-state index in [-0.39, 0.29) is 11.5 Å². The molecule has 6 nitrogen and oxygen atoms in total. The summed E-state index contributed by atoms with van der Waals surface area (Å²) in [7, 11) is 0. The second-order valence-corrected chi connectivity index (χ2v) is 5.87. The Kier molecular flexibility index (Phi) is 4.22. The smallest absolute Gasteiger partial charge is 0.280 e. The number of anilines is 2. The van der Waals surface area contributed by atoms with Crippen LogP contribution in [-0.4, -0.2) is 20.9 Å². The van der Waals surface area contributed by atoms with Gasteiger partial charge in [0.25, 0.3) is 5.91 Å². The number of benzene rings is 2. The van der Waals surface area contributed by atoms with Gasteiger partial charge < -0.3 is 11.1 Å². The largest absolute Gasteiger partial charge is 0.382 e. The molecule has 1 amide bonds. The number of nitrogens with one attached hydrogen (secondary N) is 1. The van der Waals surface area contributed by atoms with Crippen LogP contribution in [0.1, 0.15) is 21.6 Å². The van der Waals surface area contributed by atoms with Crippen LogP contribution in [0, 0.1) is 13.8 Å². The van der Waals surface area contributed by atoms with E-state index in [4.69, 9.17) is 17.3 Å². The van der Waals surface area contributed by atoms with Crippen molar-refractivity contribution >= 4 is 29.0 Å². The summed E-state index contributed by atoms with van der Waals surface area (Å²) in [5.41, 5.74) is 9.40. The first kappa shape index (κ1) is 16.0. The quantitative estimate of drug-likeness (QED) is 0.764. The second kappa shape index (κ2) is 6.33. The van der Waals surface area contributed by atoms with Crippen molar-refractivity contribution in [1.82, 2.24) is 15.0 Å². The topological polar surface area (TPSA) is 85.8 Å². The minimum atomic E-state index is -0.433. The van der Waals surface area contributed by atoms with E-state index in [2.05, 4.69) is 15.6 Å². The van der Waals surface area contributed by atoms with E-state index >= 15 is 0 Å². The van der Waals surface area contributed by atoms with E-state index < -0.39 is 5.91 Å². The van der Waals surface area contributed by atoms with Gasteiger partial charge in [0.05, 0.1) is 5.69 Å². The average molecular weight is 342 g/mol. The number of hydrogen-bond acceptors (Lipinski definition) is 4. The van der Waals surface area contributed by atoms with Gasteiger partial charge in [0.1, 0.15) is 0 Å². The van der Waals surface area contributed by atoms with Gasteiger partial charge in [-0.2, -0.15) is 4.68 Å². The molecule has 0 saturated heterocycles. The van der Waals surface area contributed by atoms with Crippen LogP contribution in [0.15, 0.2) is 42.5 Å². The van der Waals surface area contributed by atoms with Crippen molar-refractivity contribution in [3.8, 4) is 5.69 Å². The fraction of sp³-hybridized carbons (Fsp3) is 0.118. The molecule has 3 N–H and O–H groups in total. The van der Waals surface area contributed by atoms with Gasteiger partial charge in [-0.3, -0.25) is 4.79 Å². The maximum Gasteiger partial charge on any atom is 0.280 e. The molecule has 7 heteroatoms. The number of aryl methyl sites for hydroxylation is 2. The monoisotopic (exact) mass is 341 g/mol. The minimum Gasteiger partial charge on any atom is -0.382 e. The summed E-state index contributed by atoms with van der Waals surface area (Å²) in [4.78, 5) is 12.5. The predicted octanol–water partition coefficient (Wildman–Crippen LogP) is 3.37. The lowest BCUT2D eigenvalue weighted by Gasteiger charge is -2.08. The van der Waals surface area contributed by atoms with Crippen molar-refractivity contribution in [3.05, 3.63) is 64.3 Å². The van der Waals surface area contributed by atoms with Gasteiger partial charge in [-0.25, -0.2) is 0 Å². The highest BCUT2D eigenvalue weighted by Crippen LogP contribution is 2.22. The van der Waals surface area contributed by atoms with Gasteiger partial charge >= 0.3 is 0 Å². The Balaban J connectivity index is 1.92. The summed E-state index contributed by atoms with van der Waals surface area (Å²) < 4.78 is 1.45. The molecular weight excluding hydrogens is 326 g/mol. The molecular formula is C17H16ClN5O. The van der Waals surface area contributed by atoms with Crippen molar-refractivity contribution in [2.45, 2.75) is 13.8 Å². The van der Waals surface area contributed by atoms with Crippen molar-refractivity contribution in [3.63, 3.8) is 0 Å². The number of hydrogen-bond donors (Lipinski definition) is 2. The third-order valence-corrected chi connectivity index (χ3v) is 3.95. The standard InChI is InChI=1S/C17H16ClN5O/c1-10-7-8-12(18)9-13(10)20-17(24)15-16(19)23(22-21-15)14-6-4-3-5-11(14)2/h3-9H,19H2,1-2H3,(H,20,24). The van der Waals surface area contributed by atoms with Crippen LogP contribution in [0.5, 0.6) is 0 Å². The van der Waals surface area contributed by atoms with Crippen molar-refractivity contribution in [2.75, 3.05) is 11.1 Å². The van der Waals surface area contributed by atoms with E-state index in [0.29, 0.717) is 10.7 Å². The Hall–Kier alpha value is -2.86. The van der Waals surface area contributed by atoms with Gasteiger partial charge in [0.15, 0.2) is 11.5 Å². The molecule has 0 aliphatic rings. The number of carbonyl (C=O) groups excluding carboxylic acids is 1. The summed E-state index contributed by atoms with van der Waals surface area (Å²) in [5, 5.41) is 11.2. The molecule has 3 aromatic rings. The van der Waals surface area contributed by atoms with Gasteiger partial charge in [-0.05, 0) is 43.2 Å². The van der Waals surface area contributed by atoms with Gasteiger partial charge in [-0.1, -0.05) is 41.1 Å². The minimum absolute atomic E-state index is 0.0672. The predicted molar refractivity (Wildman–Crippen MR) is 94.7 cm³/mol. The number of nitrogens with zero attached hydrogens (tertiary/aromatic N) is 3. The summed E-state index contributed by atoms with van der Waals surface area (Å²) in [6.45, 7) is 3.81. The molecule has 0 bridgehead atoms. The molecule has 0 saturated carbocycles. The number of rotatable bonds is 3. The number of nitrogens with two attached hydrogens (primary N) is 1. The molecule has 0 atom stereocenters. The molecule has 0 spiro atoms. The molecule has 0 unspecified atom stereocenters. The van der Waals surface area contributed by atoms with Crippen LogP contribution < -0.4 is 11.1 Å². The van der Waals surface area contributed by atoms with Crippen molar-refractivity contribution in [1.29, 1.82) is 0 Å². The Labute approximate surface area is 144 Å². The lowest BCUT2D eigenvalue weighted by atomic mass is 10.2. The number of para-hydroxylation sites is 1. The second-order valence-electron chi connectivity index (χ2n) is 5.43. The average Bonchev–Trinajstić information content (AvgIpc) is 2.93. The number of aromatic nitrogens is 3. The van der Waals surface area contributed by atoms with Gasteiger partial charge in [-0.15, -0.1) is 5.10 Å². The summed E-state index contributed by atoms with van der Waals surface area (Å²) in [6, 6.07) is 12.9. The fourth-order valence-corrected chi connectivity index (χ4v) is 2.51. The summed E-state index contributed by atoms with van der Waals surface area (Å²) in [5.74, 6) is -0.251. The third-order valence-electron chi connectivity index (χ3n) is 3.71. The first-order valence-corrected chi connectivity index (χ1v) is 7.70. The van der Waals surface area contributed by atoms with E-state index in [1.54, 1.807) is 12.1 Å². The van der Waals surface area contributed by atoms with Gasteiger partial charge in [0.2, 0.25) is 0 Å². The van der Waals surface area contributed by atoms with E-state index in [1.807, 2.05) is 44.2 Å². The number of halogens is 1. The number of amides is 1.